The Morgan fingerprint density at radius 2 is 1.75 bits per heavy atom. The van der Waals surface area contributed by atoms with Crippen molar-refractivity contribution < 1.29 is 4.39 Å². The van der Waals surface area contributed by atoms with Crippen LogP contribution in [0.15, 0.2) is 60.8 Å². The van der Waals surface area contributed by atoms with E-state index < -0.39 is 0 Å². The number of nitrogens with zero attached hydrogens (tertiary/aromatic N) is 1. The van der Waals surface area contributed by atoms with Gasteiger partial charge in [0, 0.05) is 17.1 Å². The molecule has 0 saturated heterocycles. The van der Waals surface area contributed by atoms with Gasteiger partial charge in [-0.15, -0.1) is 0 Å². The highest BCUT2D eigenvalue weighted by Gasteiger charge is 2.11. The Hall–Kier alpha value is -2.42. The third-order valence-electron chi connectivity index (χ3n) is 3.40. The van der Waals surface area contributed by atoms with Gasteiger partial charge in [0.25, 0.3) is 0 Å². The lowest BCUT2D eigenvalue weighted by Gasteiger charge is -2.17. The van der Waals surface area contributed by atoms with E-state index in [9.17, 15) is 4.39 Å². The van der Waals surface area contributed by atoms with Crippen molar-refractivity contribution >= 4 is 16.6 Å². The number of fused-ring (bicyclic) bond motifs is 1. The van der Waals surface area contributed by atoms with E-state index in [0.717, 1.165) is 16.6 Å². The number of rotatable bonds is 3. The fraction of sp³-hybridized carbons (Fsp3) is 0.118. The average molecular weight is 266 g/mol. The third kappa shape index (κ3) is 2.35. The van der Waals surface area contributed by atoms with Crippen LogP contribution >= 0.6 is 0 Å². The molecule has 1 aromatic heterocycles. The van der Waals surface area contributed by atoms with Crippen molar-refractivity contribution in [2.75, 3.05) is 5.32 Å². The van der Waals surface area contributed by atoms with E-state index in [1.54, 1.807) is 18.3 Å². The number of halogens is 1. The summed E-state index contributed by atoms with van der Waals surface area (Å²) < 4.78 is 13.8. The molecular formula is C17H15FN2. The van der Waals surface area contributed by atoms with Crippen LogP contribution in [0.3, 0.4) is 0 Å². The molecule has 2 nitrogen and oxygen atoms in total. The van der Waals surface area contributed by atoms with Crippen molar-refractivity contribution in [2.45, 2.75) is 13.0 Å². The van der Waals surface area contributed by atoms with Gasteiger partial charge in [-0.2, -0.15) is 0 Å². The summed E-state index contributed by atoms with van der Waals surface area (Å²) in [6.45, 7) is 1.93. The summed E-state index contributed by atoms with van der Waals surface area (Å²) in [5.74, 6) is 0.576. The number of pyridine rings is 1. The van der Waals surface area contributed by atoms with Crippen LogP contribution in [-0.4, -0.2) is 4.98 Å². The Kier molecular flexibility index (Phi) is 3.33. The van der Waals surface area contributed by atoms with Crippen LogP contribution in [0.5, 0.6) is 0 Å². The molecule has 100 valence electrons. The second-order valence-electron chi connectivity index (χ2n) is 4.77. The van der Waals surface area contributed by atoms with Crippen LogP contribution in [0.2, 0.25) is 0 Å². The molecule has 0 amide bonds. The second-order valence-corrected chi connectivity index (χ2v) is 4.77. The largest absolute Gasteiger partial charge is 0.363 e. The molecule has 1 atom stereocenters. The molecule has 1 N–H and O–H groups in total. The first-order valence-electron chi connectivity index (χ1n) is 6.60. The van der Waals surface area contributed by atoms with Crippen LogP contribution in [0, 0.1) is 5.82 Å². The molecule has 0 aliphatic rings. The maximum absolute atomic E-state index is 13.8. The van der Waals surface area contributed by atoms with Crippen LogP contribution in [0.1, 0.15) is 18.5 Å². The van der Waals surface area contributed by atoms with Gasteiger partial charge in [0.15, 0.2) is 0 Å². The zero-order chi connectivity index (χ0) is 13.9. The summed E-state index contributed by atoms with van der Waals surface area (Å²) in [6.07, 6.45) is 1.76. The Balaban J connectivity index is 1.96. The molecular weight excluding hydrogens is 251 g/mol. The zero-order valence-corrected chi connectivity index (χ0v) is 11.2. The highest BCUT2D eigenvalue weighted by Crippen LogP contribution is 2.25. The van der Waals surface area contributed by atoms with Crippen molar-refractivity contribution in [3.8, 4) is 0 Å². The van der Waals surface area contributed by atoms with Crippen LogP contribution < -0.4 is 5.32 Å². The lowest BCUT2D eigenvalue weighted by Crippen LogP contribution is -2.09. The molecule has 0 spiro atoms. The molecule has 1 unspecified atom stereocenters. The monoisotopic (exact) mass is 266 g/mol. The Morgan fingerprint density at radius 3 is 2.60 bits per heavy atom. The molecule has 2 aromatic carbocycles. The molecule has 3 rings (SSSR count). The maximum atomic E-state index is 13.8. The minimum atomic E-state index is -0.201. The lowest BCUT2D eigenvalue weighted by molar-refractivity contribution is 0.600. The molecule has 0 fully saturated rings. The third-order valence-corrected chi connectivity index (χ3v) is 3.40. The van der Waals surface area contributed by atoms with E-state index in [0.29, 0.717) is 5.56 Å². The molecule has 0 radical (unpaired) electrons. The van der Waals surface area contributed by atoms with E-state index in [1.807, 2.05) is 43.3 Å². The molecule has 20 heavy (non-hydrogen) atoms. The minimum Gasteiger partial charge on any atom is -0.363 e. The van der Waals surface area contributed by atoms with Gasteiger partial charge in [0.2, 0.25) is 0 Å². The number of hydrogen-bond acceptors (Lipinski definition) is 2. The summed E-state index contributed by atoms with van der Waals surface area (Å²) in [7, 11) is 0. The van der Waals surface area contributed by atoms with E-state index in [4.69, 9.17) is 0 Å². The van der Waals surface area contributed by atoms with Gasteiger partial charge in [-0.25, -0.2) is 9.37 Å². The average Bonchev–Trinajstić information content (AvgIpc) is 2.48. The molecule has 0 aliphatic carbocycles. The van der Waals surface area contributed by atoms with Gasteiger partial charge in [-0.1, -0.05) is 42.5 Å². The number of aromatic nitrogens is 1. The Bertz CT molecular complexity index is 734. The quantitative estimate of drug-likeness (QED) is 0.752. The molecule has 0 saturated carbocycles. The molecule has 1 heterocycles. The van der Waals surface area contributed by atoms with Gasteiger partial charge in [-0.3, -0.25) is 0 Å². The maximum Gasteiger partial charge on any atom is 0.134 e. The molecule has 0 aliphatic heterocycles. The number of hydrogen-bond donors (Lipinski definition) is 1. The van der Waals surface area contributed by atoms with Crippen LogP contribution in [-0.2, 0) is 0 Å². The number of nitrogens with one attached hydrogen (secondary N) is 1. The van der Waals surface area contributed by atoms with Gasteiger partial charge in [-0.05, 0) is 24.4 Å². The standard InChI is InChI=1S/C17H15FN2/c1-12(14-7-4-5-9-16(14)18)20-17-15-8-3-2-6-13(15)10-11-19-17/h2-12H,1H3,(H,19,20). The van der Waals surface area contributed by atoms with Crippen LogP contribution in [0.25, 0.3) is 10.8 Å². The molecule has 3 heteroatoms. The van der Waals surface area contributed by atoms with Gasteiger partial charge in [0.05, 0.1) is 6.04 Å². The molecule has 3 aromatic rings. The summed E-state index contributed by atoms with van der Waals surface area (Å²) >= 11 is 0. The Morgan fingerprint density at radius 1 is 1.00 bits per heavy atom. The van der Waals surface area contributed by atoms with Crippen molar-refractivity contribution in [2.24, 2.45) is 0 Å². The fourth-order valence-corrected chi connectivity index (χ4v) is 2.34. The highest BCUT2D eigenvalue weighted by atomic mass is 19.1. The van der Waals surface area contributed by atoms with Crippen molar-refractivity contribution in [3.63, 3.8) is 0 Å². The van der Waals surface area contributed by atoms with E-state index in [-0.39, 0.29) is 11.9 Å². The topological polar surface area (TPSA) is 24.9 Å². The molecule has 0 bridgehead atoms. The van der Waals surface area contributed by atoms with E-state index >= 15 is 0 Å². The van der Waals surface area contributed by atoms with Crippen molar-refractivity contribution in [1.82, 2.24) is 4.98 Å². The van der Waals surface area contributed by atoms with Crippen molar-refractivity contribution in [3.05, 3.63) is 72.2 Å². The number of anilines is 1. The minimum absolute atomic E-state index is 0.144. The first-order valence-corrected chi connectivity index (χ1v) is 6.60. The summed E-state index contributed by atoms with van der Waals surface area (Å²) in [4.78, 5) is 4.37. The van der Waals surface area contributed by atoms with Crippen LogP contribution in [0.4, 0.5) is 10.2 Å². The smallest absolute Gasteiger partial charge is 0.134 e. The first-order chi connectivity index (χ1) is 9.75. The first kappa shape index (κ1) is 12.6. The summed E-state index contributed by atoms with van der Waals surface area (Å²) in [6, 6.07) is 16.6. The van der Waals surface area contributed by atoms with E-state index in [1.165, 1.54) is 6.07 Å². The Labute approximate surface area is 117 Å². The predicted molar refractivity (Wildman–Crippen MR) is 80.2 cm³/mol. The van der Waals surface area contributed by atoms with Crippen molar-refractivity contribution in [1.29, 1.82) is 0 Å². The lowest BCUT2D eigenvalue weighted by atomic mass is 10.1. The van der Waals surface area contributed by atoms with Gasteiger partial charge < -0.3 is 5.32 Å². The second kappa shape index (κ2) is 5.29. The van der Waals surface area contributed by atoms with E-state index in [2.05, 4.69) is 10.3 Å². The normalized spacial score (nSPS) is 12.3. The number of benzene rings is 2. The summed E-state index contributed by atoms with van der Waals surface area (Å²) in [5.41, 5.74) is 0.641. The zero-order valence-electron chi connectivity index (χ0n) is 11.2. The fourth-order valence-electron chi connectivity index (χ4n) is 2.34. The summed E-state index contributed by atoms with van der Waals surface area (Å²) in [5, 5.41) is 5.45. The van der Waals surface area contributed by atoms with Gasteiger partial charge in [0.1, 0.15) is 11.6 Å². The van der Waals surface area contributed by atoms with Gasteiger partial charge >= 0.3 is 0 Å². The highest BCUT2D eigenvalue weighted by molar-refractivity contribution is 5.91. The predicted octanol–water partition coefficient (Wildman–Crippen LogP) is 4.55. The SMILES string of the molecule is CC(Nc1nccc2ccccc12)c1ccccc1F.